The lowest BCUT2D eigenvalue weighted by Crippen LogP contribution is -2.36. The predicted molar refractivity (Wildman–Crippen MR) is 100 cm³/mol. The van der Waals surface area contributed by atoms with Gasteiger partial charge in [-0.25, -0.2) is 19.9 Å². The number of imidazole rings is 1. The van der Waals surface area contributed by atoms with E-state index in [1.807, 2.05) is 0 Å². The van der Waals surface area contributed by atoms with Crippen LogP contribution in [0, 0.1) is 0 Å². The zero-order valence-electron chi connectivity index (χ0n) is 16.1. The molecule has 0 atom stereocenters. The maximum Gasteiger partial charge on any atom is 0.453 e. The molecular weight excluding hydrogens is 447 g/mol. The highest BCUT2D eigenvalue weighted by atomic mass is 35.5. The SMILES string of the molecule is CC1(C)C(=O)Nc2nc(-c3cn4ccnc4c(CCC(F)(F)C(F)(F)F)n3)nc(Cl)c21. The van der Waals surface area contributed by atoms with E-state index in [0.717, 1.165) is 0 Å². The molecule has 13 heteroatoms. The minimum absolute atomic E-state index is 0.000956. The summed E-state index contributed by atoms with van der Waals surface area (Å²) in [5, 5.41) is 2.60. The van der Waals surface area contributed by atoms with Gasteiger partial charge in [0.2, 0.25) is 5.91 Å². The van der Waals surface area contributed by atoms with Gasteiger partial charge in [-0.1, -0.05) is 11.6 Å². The monoisotopic (exact) mass is 460 g/mol. The summed E-state index contributed by atoms with van der Waals surface area (Å²) >= 11 is 6.27. The lowest BCUT2D eigenvalue weighted by atomic mass is 9.88. The van der Waals surface area contributed by atoms with Gasteiger partial charge >= 0.3 is 12.1 Å². The van der Waals surface area contributed by atoms with Crippen molar-refractivity contribution in [2.24, 2.45) is 0 Å². The number of amides is 1. The second-order valence-corrected chi connectivity index (χ2v) is 7.93. The van der Waals surface area contributed by atoms with Crippen molar-refractivity contribution in [2.75, 3.05) is 5.32 Å². The highest BCUT2D eigenvalue weighted by Crippen LogP contribution is 2.41. The molecule has 4 heterocycles. The Kier molecular flexibility index (Phi) is 4.69. The Labute approximate surface area is 176 Å². The van der Waals surface area contributed by atoms with Gasteiger partial charge < -0.3 is 9.72 Å². The maximum atomic E-state index is 13.4. The zero-order chi connectivity index (χ0) is 22.8. The minimum Gasteiger partial charge on any atom is -0.310 e. The molecule has 3 aromatic heterocycles. The van der Waals surface area contributed by atoms with E-state index in [0.29, 0.717) is 5.56 Å². The van der Waals surface area contributed by atoms with Crippen molar-refractivity contribution in [1.82, 2.24) is 24.3 Å². The van der Waals surface area contributed by atoms with Gasteiger partial charge in [0, 0.05) is 30.6 Å². The fraction of sp³-hybridized carbons (Fsp3) is 0.389. The first-order valence-electron chi connectivity index (χ1n) is 8.98. The molecule has 7 nitrogen and oxygen atoms in total. The average Bonchev–Trinajstić information content (AvgIpc) is 3.21. The maximum absolute atomic E-state index is 13.4. The van der Waals surface area contributed by atoms with E-state index in [1.165, 1.54) is 23.0 Å². The molecule has 0 bridgehead atoms. The van der Waals surface area contributed by atoms with Crippen molar-refractivity contribution >= 4 is 29.0 Å². The van der Waals surface area contributed by atoms with Crippen molar-refractivity contribution in [3.05, 3.63) is 35.0 Å². The van der Waals surface area contributed by atoms with E-state index < -0.39 is 30.4 Å². The molecule has 0 saturated heterocycles. The molecule has 0 fully saturated rings. The van der Waals surface area contributed by atoms with Crippen LogP contribution >= 0.6 is 11.6 Å². The lowest BCUT2D eigenvalue weighted by molar-refractivity contribution is -0.284. The van der Waals surface area contributed by atoms with Crippen molar-refractivity contribution < 1.29 is 26.7 Å². The van der Waals surface area contributed by atoms with Crippen LogP contribution in [-0.4, -0.2) is 42.3 Å². The van der Waals surface area contributed by atoms with E-state index in [9.17, 15) is 26.7 Å². The summed E-state index contributed by atoms with van der Waals surface area (Å²) in [7, 11) is 0. The van der Waals surface area contributed by atoms with Crippen LogP contribution in [0.4, 0.5) is 27.8 Å². The van der Waals surface area contributed by atoms with Gasteiger partial charge in [0.1, 0.15) is 16.7 Å². The van der Waals surface area contributed by atoms with Crippen molar-refractivity contribution in [3.8, 4) is 11.5 Å². The number of fused-ring (bicyclic) bond motifs is 2. The number of nitrogens with zero attached hydrogens (tertiary/aromatic N) is 5. The van der Waals surface area contributed by atoms with E-state index >= 15 is 0 Å². The third kappa shape index (κ3) is 3.48. The number of hydrogen-bond donors (Lipinski definition) is 1. The van der Waals surface area contributed by atoms with Gasteiger partial charge in [0.05, 0.1) is 11.1 Å². The molecule has 0 unspecified atom stereocenters. The minimum atomic E-state index is -5.67. The summed E-state index contributed by atoms with van der Waals surface area (Å²) in [5.41, 5.74) is -0.448. The lowest BCUT2D eigenvalue weighted by Gasteiger charge is -2.19. The van der Waals surface area contributed by atoms with Crippen LogP contribution in [0.3, 0.4) is 0 Å². The quantitative estimate of drug-likeness (QED) is 0.466. The third-order valence-electron chi connectivity index (χ3n) is 5.05. The molecule has 4 rings (SSSR count). The molecule has 1 amide bonds. The number of aromatic nitrogens is 5. The molecule has 1 aliphatic heterocycles. The van der Waals surface area contributed by atoms with E-state index in [1.54, 1.807) is 13.8 Å². The largest absolute Gasteiger partial charge is 0.453 e. The molecular formula is C18H14ClF5N6O. The Morgan fingerprint density at radius 3 is 2.55 bits per heavy atom. The first-order valence-corrected chi connectivity index (χ1v) is 9.36. The molecule has 31 heavy (non-hydrogen) atoms. The molecule has 1 N–H and O–H groups in total. The summed E-state index contributed by atoms with van der Waals surface area (Å²) in [6, 6.07) is 0. The number of nitrogens with one attached hydrogen (secondary N) is 1. The summed E-state index contributed by atoms with van der Waals surface area (Å²) < 4.78 is 65.9. The van der Waals surface area contributed by atoms with E-state index in [2.05, 4.69) is 25.3 Å². The van der Waals surface area contributed by atoms with Gasteiger partial charge in [-0.05, 0) is 20.3 Å². The van der Waals surface area contributed by atoms with E-state index in [-0.39, 0.29) is 39.7 Å². The molecule has 0 aromatic carbocycles. The predicted octanol–water partition coefficient (Wildman–Crippen LogP) is 4.20. The Balaban J connectivity index is 1.76. The Morgan fingerprint density at radius 1 is 1.16 bits per heavy atom. The summed E-state index contributed by atoms with van der Waals surface area (Å²) in [4.78, 5) is 28.7. The third-order valence-corrected chi connectivity index (χ3v) is 5.33. The topological polar surface area (TPSA) is 85.1 Å². The first kappa shape index (κ1) is 21.3. The number of carbonyl (C=O) groups is 1. The standard InChI is InChI=1S/C18H14ClF5N6O/c1-16(2)10-11(19)27-12(28-13(10)29-15(16)31)9-7-30-6-5-25-14(30)8(26-9)3-4-17(20,21)18(22,23)24/h5-7H,3-4H2,1-2H3,(H,27,28,29,31). The number of carbonyl (C=O) groups excluding carboxylic acids is 1. The molecule has 0 saturated carbocycles. The average molecular weight is 461 g/mol. The summed E-state index contributed by atoms with van der Waals surface area (Å²) in [6.45, 7) is 3.30. The molecule has 164 valence electrons. The van der Waals surface area contributed by atoms with Crippen LogP contribution in [0.15, 0.2) is 18.6 Å². The van der Waals surface area contributed by atoms with Gasteiger partial charge in [0.25, 0.3) is 0 Å². The number of anilines is 1. The van der Waals surface area contributed by atoms with E-state index in [4.69, 9.17) is 11.6 Å². The van der Waals surface area contributed by atoms with Crippen LogP contribution in [0.2, 0.25) is 5.15 Å². The highest BCUT2D eigenvalue weighted by Gasteiger charge is 2.56. The second kappa shape index (κ2) is 6.81. The normalized spacial score (nSPS) is 15.9. The van der Waals surface area contributed by atoms with Gasteiger partial charge in [-0.2, -0.15) is 22.0 Å². The molecule has 1 aliphatic rings. The fourth-order valence-electron chi connectivity index (χ4n) is 3.26. The second-order valence-electron chi connectivity index (χ2n) is 7.57. The number of hydrogen-bond acceptors (Lipinski definition) is 5. The smallest absolute Gasteiger partial charge is 0.310 e. The fourth-order valence-corrected chi connectivity index (χ4v) is 3.66. The van der Waals surface area contributed by atoms with Gasteiger partial charge in [0.15, 0.2) is 11.5 Å². The zero-order valence-corrected chi connectivity index (χ0v) is 16.8. The Hall–Kier alpha value is -2.89. The number of aryl methyl sites for hydroxylation is 1. The molecule has 0 spiro atoms. The Bertz CT molecular complexity index is 1210. The van der Waals surface area contributed by atoms with Crippen molar-refractivity contribution in [3.63, 3.8) is 0 Å². The number of rotatable bonds is 4. The summed E-state index contributed by atoms with van der Waals surface area (Å²) in [5.74, 6) is -5.05. The first-order chi connectivity index (χ1) is 14.3. The molecule has 0 aliphatic carbocycles. The highest BCUT2D eigenvalue weighted by molar-refractivity contribution is 6.31. The molecule has 3 aromatic rings. The molecule has 0 radical (unpaired) electrons. The van der Waals surface area contributed by atoms with Crippen LogP contribution in [0.1, 0.15) is 31.5 Å². The van der Waals surface area contributed by atoms with Crippen molar-refractivity contribution in [1.29, 1.82) is 0 Å². The summed E-state index contributed by atoms with van der Waals surface area (Å²) in [6.07, 6.45) is -3.59. The van der Waals surface area contributed by atoms with Crippen LogP contribution < -0.4 is 5.32 Å². The van der Waals surface area contributed by atoms with Crippen LogP contribution in [0.5, 0.6) is 0 Å². The van der Waals surface area contributed by atoms with Gasteiger partial charge in [-0.3, -0.25) is 4.79 Å². The van der Waals surface area contributed by atoms with Crippen LogP contribution in [0.25, 0.3) is 17.2 Å². The van der Waals surface area contributed by atoms with Crippen molar-refractivity contribution in [2.45, 2.75) is 44.2 Å². The van der Waals surface area contributed by atoms with Crippen LogP contribution in [-0.2, 0) is 16.6 Å². The van der Waals surface area contributed by atoms with Gasteiger partial charge in [-0.15, -0.1) is 0 Å². The Morgan fingerprint density at radius 2 is 1.87 bits per heavy atom. The number of halogens is 6. The number of alkyl halides is 5.